The van der Waals surface area contributed by atoms with Crippen LogP contribution in [0.5, 0.6) is 0 Å². The van der Waals surface area contributed by atoms with Crippen molar-refractivity contribution in [1.29, 1.82) is 0 Å². The van der Waals surface area contributed by atoms with Gasteiger partial charge in [0.1, 0.15) is 5.82 Å². The first kappa shape index (κ1) is 16.1. The highest BCUT2D eigenvalue weighted by atomic mass is 32.2. The molecule has 2 heterocycles. The largest absolute Gasteiger partial charge is 0.309 e. The van der Waals surface area contributed by atoms with E-state index < -0.39 is 9.84 Å². The molecule has 2 aromatic rings. The molecule has 1 fully saturated rings. The maximum Gasteiger partial charge on any atom is 0.191 e. The smallest absolute Gasteiger partial charge is 0.191 e. The van der Waals surface area contributed by atoms with Gasteiger partial charge in [0.2, 0.25) is 0 Å². The Balaban J connectivity index is 1.57. The highest BCUT2D eigenvalue weighted by molar-refractivity contribution is 7.99. The van der Waals surface area contributed by atoms with Gasteiger partial charge in [0.05, 0.1) is 11.5 Å². The maximum atomic E-state index is 11.7. The minimum atomic E-state index is -2.91. The van der Waals surface area contributed by atoms with Crippen LogP contribution in [-0.4, -0.2) is 34.7 Å². The van der Waals surface area contributed by atoms with Crippen LogP contribution in [0.25, 0.3) is 0 Å². The van der Waals surface area contributed by atoms with Crippen molar-refractivity contribution < 1.29 is 8.42 Å². The summed E-state index contributed by atoms with van der Waals surface area (Å²) in [5.41, 5.74) is 2.84. The molecule has 0 amide bonds. The van der Waals surface area contributed by atoms with Crippen molar-refractivity contribution in [2.75, 3.05) is 11.5 Å². The SMILES string of the molecule is Cn1c(S[C@H]2CCCc3ccccc32)nnc1[C@H]1CCS(=O)(=O)C1. The van der Waals surface area contributed by atoms with Gasteiger partial charge in [-0.25, -0.2) is 8.42 Å². The summed E-state index contributed by atoms with van der Waals surface area (Å²) in [5, 5.41) is 9.95. The first-order valence-corrected chi connectivity index (χ1v) is 11.1. The van der Waals surface area contributed by atoms with Crippen molar-refractivity contribution in [2.45, 2.75) is 42.0 Å². The number of hydrogen-bond donors (Lipinski definition) is 0. The van der Waals surface area contributed by atoms with Crippen molar-refractivity contribution in [3.8, 4) is 0 Å². The Kier molecular flexibility index (Phi) is 4.16. The molecule has 0 radical (unpaired) electrons. The summed E-state index contributed by atoms with van der Waals surface area (Å²) in [6.07, 6.45) is 4.14. The zero-order valence-corrected chi connectivity index (χ0v) is 15.3. The second kappa shape index (κ2) is 6.19. The third-order valence-electron chi connectivity index (χ3n) is 5.03. The number of benzene rings is 1. The minimum absolute atomic E-state index is 0.0134. The first-order valence-electron chi connectivity index (χ1n) is 8.38. The van der Waals surface area contributed by atoms with Crippen LogP contribution in [0.1, 0.15) is 47.4 Å². The molecule has 4 rings (SSSR count). The molecule has 0 saturated carbocycles. The predicted octanol–water partition coefficient (Wildman–Crippen LogP) is 2.89. The van der Waals surface area contributed by atoms with Crippen molar-refractivity contribution in [3.05, 3.63) is 41.2 Å². The zero-order valence-electron chi connectivity index (χ0n) is 13.7. The van der Waals surface area contributed by atoms with E-state index in [0.29, 0.717) is 11.7 Å². The van der Waals surface area contributed by atoms with E-state index in [1.54, 1.807) is 11.8 Å². The third-order valence-corrected chi connectivity index (χ3v) is 8.14. The molecule has 0 bridgehead atoms. The molecule has 1 aromatic heterocycles. The molecule has 0 spiro atoms. The van der Waals surface area contributed by atoms with E-state index >= 15 is 0 Å². The lowest BCUT2D eigenvalue weighted by atomic mass is 9.91. The third kappa shape index (κ3) is 2.99. The van der Waals surface area contributed by atoms with Crippen LogP contribution in [0.15, 0.2) is 29.4 Å². The molecule has 1 aliphatic heterocycles. The Bertz CT molecular complexity index is 860. The molecule has 7 heteroatoms. The highest BCUT2D eigenvalue weighted by Gasteiger charge is 2.33. The topological polar surface area (TPSA) is 64.8 Å². The highest BCUT2D eigenvalue weighted by Crippen LogP contribution is 2.43. The number of sulfone groups is 1. The number of aryl methyl sites for hydroxylation is 1. The molecule has 2 aliphatic rings. The van der Waals surface area contributed by atoms with E-state index in [4.69, 9.17) is 0 Å². The van der Waals surface area contributed by atoms with Gasteiger partial charge >= 0.3 is 0 Å². The van der Waals surface area contributed by atoms with E-state index in [2.05, 4.69) is 34.5 Å². The number of fused-ring (bicyclic) bond motifs is 1. The number of rotatable bonds is 3. The molecule has 24 heavy (non-hydrogen) atoms. The lowest BCUT2D eigenvalue weighted by Crippen LogP contribution is -2.10. The van der Waals surface area contributed by atoms with Crippen LogP contribution in [-0.2, 0) is 23.3 Å². The van der Waals surface area contributed by atoms with Gasteiger partial charge in [0, 0.05) is 18.2 Å². The lowest BCUT2D eigenvalue weighted by Gasteiger charge is -2.24. The fourth-order valence-corrected chi connectivity index (χ4v) is 6.72. The first-order chi connectivity index (χ1) is 11.5. The van der Waals surface area contributed by atoms with Gasteiger partial charge in [-0.1, -0.05) is 36.0 Å². The molecule has 1 aliphatic carbocycles. The van der Waals surface area contributed by atoms with Gasteiger partial charge in [0.25, 0.3) is 0 Å². The van der Waals surface area contributed by atoms with Crippen molar-refractivity contribution in [2.24, 2.45) is 7.05 Å². The molecule has 5 nitrogen and oxygen atoms in total. The number of hydrogen-bond acceptors (Lipinski definition) is 5. The number of aromatic nitrogens is 3. The second-order valence-corrected chi connectivity index (χ2v) is 10.1. The van der Waals surface area contributed by atoms with E-state index in [9.17, 15) is 8.42 Å². The molecule has 0 unspecified atom stereocenters. The normalized spacial score (nSPS) is 25.5. The number of thioether (sulfide) groups is 1. The molecular weight excluding hydrogens is 342 g/mol. The Morgan fingerprint density at radius 3 is 2.83 bits per heavy atom. The molecule has 2 atom stereocenters. The van der Waals surface area contributed by atoms with E-state index in [1.165, 1.54) is 17.5 Å². The Morgan fingerprint density at radius 1 is 1.21 bits per heavy atom. The monoisotopic (exact) mass is 363 g/mol. The number of nitrogens with zero attached hydrogens (tertiary/aromatic N) is 3. The van der Waals surface area contributed by atoms with Gasteiger partial charge in [-0.2, -0.15) is 0 Å². The summed E-state index contributed by atoms with van der Waals surface area (Å²) in [6.45, 7) is 0. The van der Waals surface area contributed by atoms with Crippen molar-refractivity contribution >= 4 is 21.6 Å². The summed E-state index contributed by atoms with van der Waals surface area (Å²) < 4.78 is 25.4. The van der Waals surface area contributed by atoms with Crippen LogP contribution in [0, 0.1) is 0 Å². The average molecular weight is 364 g/mol. The van der Waals surface area contributed by atoms with Crippen LogP contribution in [0.3, 0.4) is 0 Å². The maximum absolute atomic E-state index is 11.7. The predicted molar refractivity (Wildman–Crippen MR) is 95.0 cm³/mol. The van der Waals surface area contributed by atoms with Gasteiger partial charge < -0.3 is 4.57 Å². The van der Waals surface area contributed by atoms with Crippen molar-refractivity contribution in [3.63, 3.8) is 0 Å². The second-order valence-electron chi connectivity index (χ2n) is 6.70. The average Bonchev–Trinajstić information content (AvgIpc) is 3.10. The van der Waals surface area contributed by atoms with Crippen LogP contribution in [0.4, 0.5) is 0 Å². The van der Waals surface area contributed by atoms with Gasteiger partial charge in [-0.3, -0.25) is 0 Å². The van der Waals surface area contributed by atoms with Gasteiger partial charge in [0.15, 0.2) is 15.0 Å². The summed E-state index contributed by atoms with van der Waals surface area (Å²) in [5.74, 6) is 1.27. The Labute approximate surface area is 146 Å². The van der Waals surface area contributed by atoms with Crippen molar-refractivity contribution in [1.82, 2.24) is 14.8 Å². The molecule has 128 valence electrons. The summed E-state index contributed by atoms with van der Waals surface area (Å²) >= 11 is 1.75. The molecule has 0 N–H and O–H groups in total. The van der Waals surface area contributed by atoms with E-state index in [1.807, 2.05) is 11.6 Å². The standard InChI is InChI=1S/C17H21N3O2S2/c1-20-16(13-9-10-24(21,22)11-13)18-19-17(20)23-15-8-4-6-12-5-2-3-7-14(12)15/h2-3,5,7,13,15H,4,6,8-11H2,1H3/t13-,15-/m0/s1. The van der Waals surface area contributed by atoms with Crippen LogP contribution >= 0.6 is 11.8 Å². The Morgan fingerprint density at radius 2 is 2.04 bits per heavy atom. The van der Waals surface area contributed by atoms with Gasteiger partial charge in [-0.05, 0) is 36.8 Å². The zero-order chi connectivity index (χ0) is 16.7. The Hall–Kier alpha value is -1.34. The fraction of sp³-hybridized carbons (Fsp3) is 0.529. The minimum Gasteiger partial charge on any atom is -0.309 e. The summed E-state index contributed by atoms with van der Waals surface area (Å²) in [6, 6.07) is 8.64. The fourth-order valence-electron chi connectivity index (χ4n) is 3.74. The summed E-state index contributed by atoms with van der Waals surface area (Å²) in [4.78, 5) is 0. The van der Waals surface area contributed by atoms with E-state index in [-0.39, 0.29) is 17.4 Å². The molecule has 1 aromatic carbocycles. The molecular formula is C17H21N3O2S2. The quantitative estimate of drug-likeness (QED) is 0.839. The van der Waals surface area contributed by atoms with E-state index in [0.717, 1.165) is 23.8 Å². The van der Waals surface area contributed by atoms with Crippen LogP contribution < -0.4 is 0 Å². The van der Waals surface area contributed by atoms with Crippen LogP contribution in [0.2, 0.25) is 0 Å². The van der Waals surface area contributed by atoms with Gasteiger partial charge in [-0.15, -0.1) is 10.2 Å². The lowest BCUT2D eigenvalue weighted by molar-refractivity contribution is 0.599. The molecule has 1 saturated heterocycles. The summed E-state index contributed by atoms with van der Waals surface area (Å²) in [7, 11) is -0.951.